The molecule has 1 aliphatic heterocycles. The van der Waals surface area contributed by atoms with E-state index in [-0.39, 0.29) is 18.0 Å². The summed E-state index contributed by atoms with van der Waals surface area (Å²) in [5, 5.41) is 2.93. The molecule has 0 radical (unpaired) electrons. The van der Waals surface area contributed by atoms with E-state index < -0.39 is 5.60 Å². The number of benzene rings is 1. The van der Waals surface area contributed by atoms with Gasteiger partial charge in [-0.25, -0.2) is 4.79 Å². The van der Waals surface area contributed by atoms with Crippen LogP contribution in [0.2, 0.25) is 0 Å². The largest absolute Gasteiger partial charge is 0.444 e. The van der Waals surface area contributed by atoms with Gasteiger partial charge in [0.05, 0.1) is 6.54 Å². The Balaban J connectivity index is 1.85. The van der Waals surface area contributed by atoms with Crippen LogP contribution in [0.4, 0.5) is 10.5 Å². The molecule has 1 heterocycles. The van der Waals surface area contributed by atoms with Gasteiger partial charge in [-0.05, 0) is 68.5 Å². The SMILES string of the molecule is C[C@@H]1CN(C(=O)OC(C)(C)C)CCN1CC(=O)Nc1cccc(I)c1. The summed E-state index contributed by atoms with van der Waals surface area (Å²) < 4.78 is 6.50. The fraction of sp³-hybridized carbons (Fsp3) is 0.556. The van der Waals surface area contributed by atoms with Crippen molar-refractivity contribution in [1.29, 1.82) is 0 Å². The fourth-order valence-electron chi connectivity index (χ4n) is 2.67. The Bertz CT molecular complexity index is 630. The minimum atomic E-state index is -0.495. The maximum atomic E-state index is 12.3. The van der Waals surface area contributed by atoms with Crippen molar-refractivity contribution in [2.45, 2.75) is 39.3 Å². The molecule has 0 saturated carbocycles. The number of hydrogen-bond donors (Lipinski definition) is 1. The molecule has 1 aromatic rings. The second-order valence-corrected chi connectivity index (χ2v) is 8.55. The molecule has 7 heteroatoms. The Morgan fingerprint density at radius 1 is 1.32 bits per heavy atom. The molecular weight excluding hydrogens is 433 g/mol. The van der Waals surface area contributed by atoms with Crippen molar-refractivity contribution >= 4 is 40.3 Å². The molecule has 1 saturated heterocycles. The van der Waals surface area contributed by atoms with Crippen LogP contribution >= 0.6 is 22.6 Å². The van der Waals surface area contributed by atoms with Crippen LogP contribution in [0, 0.1) is 3.57 Å². The number of nitrogens with zero attached hydrogens (tertiary/aromatic N) is 2. The van der Waals surface area contributed by atoms with Gasteiger partial charge in [0, 0.05) is 34.9 Å². The number of rotatable bonds is 3. The van der Waals surface area contributed by atoms with Crippen LogP contribution in [0.1, 0.15) is 27.7 Å². The average molecular weight is 459 g/mol. The van der Waals surface area contributed by atoms with Crippen molar-refractivity contribution in [3.8, 4) is 0 Å². The molecule has 1 fully saturated rings. The first-order chi connectivity index (χ1) is 11.6. The number of hydrogen-bond acceptors (Lipinski definition) is 4. The highest BCUT2D eigenvalue weighted by molar-refractivity contribution is 14.1. The van der Waals surface area contributed by atoms with Crippen LogP contribution < -0.4 is 5.32 Å². The highest BCUT2D eigenvalue weighted by Gasteiger charge is 2.30. The van der Waals surface area contributed by atoms with Crippen molar-refractivity contribution in [1.82, 2.24) is 9.80 Å². The summed E-state index contributed by atoms with van der Waals surface area (Å²) in [5.74, 6) is -0.0421. The monoisotopic (exact) mass is 459 g/mol. The molecule has 138 valence electrons. The second kappa shape index (κ2) is 8.35. The molecule has 0 spiro atoms. The molecule has 0 aliphatic carbocycles. The first-order valence-electron chi connectivity index (χ1n) is 8.41. The first kappa shape index (κ1) is 20.0. The Hall–Kier alpha value is -1.35. The number of nitrogens with one attached hydrogen (secondary N) is 1. The van der Waals surface area contributed by atoms with E-state index in [1.54, 1.807) is 4.90 Å². The van der Waals surface area contributed by atoms with Gasteiger partial charge in [0.15, 0.2) is 0 Å². The number of ether oxygens (including phenoxy) is 1. The number of carbonyl (C=O) groups excluding carboxylic acids is 2. The molecular formula is C18H26IN3O3. The third-order valence-electron chi connectivity index (χ3n) is 3.87. The van der Waals surface area contributed by atoms with Gasteiger partial charge in [0.2, 0.25) is 5.91 Å². The maximum absolute atomic E-state index is 12.3. The number of anilines is 1. The van der Waals surface area contributed by atoms with Gasteiger partial charge in [-0.15, -0.1) is 0 Å². The van der Waals surface area contributed by atoms with Gasteiger partial charge in [0.25, 0.3) is 0 Å². The van der Waals surface area contributed by atoms with Crippen molar-refractivity contribution in [2.24, 2.45) is 0 Å². The first-order valence-corrected chi connectivity index (χ1v) is 9.49. The summed E-state index contributed by atoms with van der Waals surface area (Å²) in [5.41, 5.74) is 0.307. The Morgan fingerprint density at radius 2 is 2.04 bits per heavy atom. The van der Waals surface area contributed by atoms with E-state index in [9.17, 15) is 9.59 Å². The zero-order valence-electron chi connectivity index (χ0n) is 15.2. The van der Waals surface area contributed by atoms with Gasteiger partial charge >= 0.3 is 6.09 Å². The highest BCUT2D eigenvalue weighted by atomic mass is 127. The molecule has 1 aliphatic rings. The third kappa shape index (κ3) is 6.47. The van der Waals surface area contributed by atoms with Crippen molar-refractivity contribution in [3.05, 3.63) is 27.8 Å². The van der Waals surface area contributed by atoms with Crippen LogP contribution in [-0.4, -0.2) is 59.6 Å². The predicted octanol–water partition coefficient (Wildman–Crippen LogP) is 3.17. The Labute approximate surface area is 163 Å². The third-order valence-corrected chi connectivity index (χ3v) is 4.54. The quantitative estimate of drug-likeness (QED) is 0.706. The van der Waals surface area contributed by atoms with E-state index in [0.717, 1.165) is 9.26 Å². The lowest BCUT2D eigenvalue weighted by Crippen LogP contribution is -2.55. The van der Waals surface area contributed by atoms with Crippen LogP contribution in [0.15, 0.2) is 24.3 Å². The number of carbonyl (C=O) groups is 2. The van der Waals surface area contributed by atoms with Crippen LogP contribution in [0.25, 0.3) is 0 Å². The minimum absolute atomic E-state index is 0.0421. The zero-order valence-corrected chi connectivity index (χ0v) is 17.4. The molecule has 1 N–H and O–H groups in total. The Kier molecular flexibility index (Phi) is 6.67. The van der Waals surface area contributed by atoms with Gasteiger partial charge in [-0.2, -0.15) is 0 Å². The molecule has 25 heavy (non-hydrogen) atoms. The second-order valence-electron chi connectivity index (χ2n) is 7.30. The molecule has 0 unspecified atom stereocenters. The van der Waals surface area contributed by atoms with E-state index in [4.69, 9.17) is 4.74 Å². The highest BCUT2D eigenvalue weighted by Crippen LogP contribution is 2.16. The summed E-state index contributed by atoms with van der Waals surface area (Å²) in [4.78, 5) is 28.2. The maximum Gasteiger partial charge on any atom is 0.410 e. The predicted molar refractivity (Wildman–Crippen MR) is 107 cm³/mol. The lowest BCUT2D eigenvalue weighted by atomic mass is 10.2. The van der Waals surface area contributed by atoms with Crippen LogP contribution in [0.3, 0.4) is 0 Å². The van der Waals surface area contributed by atoms with Crippen LogP contribution in [0.5, 0.6) is 0 Å². The topological polar surface area (TPSA) is 61.9 Å². The number of halogens is 1. The van der Waals surface area contributed by atoms with E-state index in [1.807, 2.05) is 52.0 Å². The van der Waals surface area contributed by atoms with E-state index in [2.05, 4.69) is 32.8 Å². The molecule has 2 rings (SSSR count). The average Bonchev–Trinajstić information content (AvgIpc) is 2.47. The number of piperazine rings is 1. The lowest BCUT2D eigenvalue weighted by molar-refractivity contribution is -0.118. The summed E-state index contributed by atoms with van der Waals surface area (Å²) in [7, 11) is 0. The van der Waals surface area contributed by atoms with E-state index in [0.29, 0.717) is 26.2 Å². The van der Waals surface area contributed by atoms with Crippen molar-refractivity contribution in [3.63, 3.8) is 0 Å². The normalized spacial score (nSPS) is 18.8. The van der Waals surface area contributed by atoms with Gasteiger partial charge in [-0.1, -0.05) is 6.07 Å². The lowest BCUT2D eigenvalue weighted by Gasteiger charge is -2.39. The van der Waals surface area contributed by atoms with Gasteiger partial charge in [-0.3, -0.25) is 9.69 Å². The van der Waals surface area contributed by atoms with Crippen molar-refractivity contribution in [2.75, 3.05) is 31.5 Å². The smallest absolute Gasteiger partial charge is 0.410 e. The van der Waals surface area contributed by atoms with Crippen molar-refractivity contribution < 1.29 is 14.3 Å². The fourth-order valence-corrected chi connectivity index (χ4v) is 3.22. The minimum Gasteiger partial charge on any atom is -0.444 e. The molecule has 0 aromatic heterocycles. The zero-order chi connectivity index (χ0) is 18.6. The summed E-state index contributed by atoms with van der Waals surface area (Å²) in [6.07, 6.45) is -0.290. The van der Waals surface area contributed by atoms with E-state index >= 15 is 0 Å². The molecule has 2 amide bonds. The molecule has 1 aromatic carbocycles. The van der Waals surface area contributed by atoms with Crippen LogP contribution in [-0.2, 0) is 9.53 Å². The standard InChI is InChI=1S/C18H26IN3O3/c1-13-11-22(17(24)25-18(2,3)4)9-8-21(13)12-16(23)20-15-7-5-6-14(19)10-15/h5-7,10,13H,8-9,11-12H2,1-4H3,(H,20,23)/t13-/m1/s1. The number of amides is 2. The Morgan fingerprint density at radius 3 is 2.64 bits per heavy atom. The van der Waals surface area contributed by atoms with Gasteiger partial charge < -0.3 is 15.0 Å². The molecule has 0 bridgehead atoms. The van der Waals surface area contributed by atoms with E-state index in [1.165, 1.54) is 0 Å². The summed E-state index contributed by atoms with van der Waals surface area (Å²) >= 11 is 2.22. The molecule has 1 atom stereocenters. The summed E-state index contributed by atoms with van der Waals surface area (Å²) in [6, 6.07) is 7.81. The molecule has 6 nitrogen and oxygen atoms in total. The van der Waals surface area contributed by atoms with Gasteiger partial charge in [0.1, 0.15) is 5.60 Å². The summed E-state index contributed by atoms with van der Waals surface area (Å²) in [6.45, 7) is 9.70.